The van der Waals surface area contributed by atoms with Gasteiger partial charge in [-0.25, -0.2) is 0 Å². The SMILES string of the molecule is COc1ccccc1NC(CO)C1CCC1. The van der Waals surface area contributed by atoms with Gasteiger partial charge in [-0.2, -0.15) is 0 Å². The van der Waals surface area contributed by atoms with E-state index in [9.17, 15) is 5.11 Å². The molecule has 0 bridgehead atoms. The summed E-state index contributed by atoms with van der Waals surface area (Å²) in [7, 11) is 1.66. The highest BCUT2D eigenvalue weighted by molar-refractivity contribution is 5.56. The average Bonchev–Trinajstić information content (AvgIpc) is 2.26. The molecular formula is C13H19NO2. The molecule has 2 rings (SSSR count). The van der Waals surface area contributed by atoms with E-state index in [0.29, 0.717) is 5.92 Å². The second-order valence-electron chi connectivity index (χ2n) is 4.32. The highest BCUT2D eigenvalue weighted by Crippen LogP contribution is 2.33. The number of nitrogens with one attached hydrogen (secondary N) is 1. The molecule has 0 aliphatic heterocycles. The summed E-state index contributed by atoms with van der Waals surface area (Å²) in [6.45, 7) is 0.183. The molecule has 1 unspecified atom stereocenters. The third-order valence-corrected chi connectivity index (χ3v) is 3.36. The maximum absolute atomic E-state index is 9.38. The quantitative estimate of drug-likeness (QED) is 0.801. The first kappa shape index (κ1) is 11.3. The summed E-state index contributed by atoms with van der Waals surface area (Å²) in [5.41, 5.74) is 0.968. The van der Waals surface area contributed by atoms with E-state index in [2.05, 4.69) is 5.32 Å². The normalized spacial score (nSPS) is 17.6. The number of methoxy groups -OCH3 is 1. The van der Waals surface area contributed by atoms with Gasteiger partial charge in [0.15, 0.2) is 0 Å². The van der Waals surface area contributed by atoms with E-state index in [4.69, 9.17) is 4.74 Å². The van der Waals surface area contributed by atoms with Crippen molar-refractivity contribution in [3.05, 3.63) is 24.3 Å². The summed E-state index contributed by atoms with van der Waals surface area (Å²) < 4.78 is 5.28. The van der Waals surface area contributed by atoms with Crippen LogP contribution in [-0.4, -0.2) is 24.9 Å². The molecular weight excluding hydrogens is 202 g/mol. The molecule has 1 aliphatic carbocycles. The van der Waals surface area contributed by atoms with Crippen LogP contribution in [0.4, 0.5) is 5.69 Å². The highest BCUT2D eigenvalue weighted by atomic mass is 16.5. The summed E-state index contributed by atoms with van der Waals surface area (Å²) in [6.07, 6.45) is 3.72. The van der Waals surface area contributed by atoms with Gasteiger partial charge >= 0.3 is 0 Å². The summed E-state index contributed by atoms with van der Waals surface area (Å²) in [5, 5.41) is 12.8. The van der Waals surface area contributed by atoms with E-state index in [1.165, 1.54) is 19.3 Å². The molecule has 3 heteroatoms. The number of hydrogen-bond acceptors (Lipinski definition) is 3. The molecule has 0 amide bonds. The van der Waals surface area contributed by atoms with Crippen molar-refractivity contribution in [1.82, 2.24) is 0 Å². The Labute approximate surface area is 96.4 Å². The van der Waals surface area contributed by atoms with Crippen LogP contribution in [-0.2, 0) is 0 Å². The summed E-state index contributed by atoms with van der Waals surface area (Å²) in [4.78, 5) is 0. The van der Waals surface area contributed by atoms with E-state index < -0.39 is 0 Å². The van der Waals surface area contributed by atoms with Crippen LogP contribution in [0, 0.1) is 5.92 Å². The van der Waals surface area contributed by atoms with Crippen molar-refractivity contribution in [3.63, 3.8) is 0 Å². The predicted molar refractivity (Wildman–Crippen MR) is 64.8 cm³/mol. The molecule has 1 aromatic carbocycles. The monoisotopic (exact) mass is 221 g/mol. The lowest BCUT2D eigenvalue weighted by Gasteiger charge is -2.34. The van der Waals surface area contributed by atoms with Crippen LogP contribution < -0.4 is 10.1 Å². The van der Waals surface area contributed by atoms with Crippen molar-refractivity contribution >= 4 is 5.69 Å². The van der Waals surface area contributed by atoms with Gasteiger partial charge in [-0.1, -0.05) is 18.6 Å². The Bertz CT molecular complexity index is 336. The van der Waals surface area contributed by atoms with Gasteiger partial charge < -0.3 is 15.2 Å². The molecule has 0 radical (unpaired) electrons. The molecule has 2 N–H and O–H groups in total. The van der Waals surface area contributed by atoms with Crippen molar-refractivity contribution in [2.45, 2.75) is 25.3 Å². The molecule has 0 saturated heterocycles. The number of hydrogen-bond donors (Lipinski definition) is 2. The lowest BCUT2D eigenvalue weighted by Crippen LogP contribution is -2.36. The van der Waals surface area contributed by atoms with Crippen molar-refractivity contribution in [3.8, 4) is 5.75 Å². The zero-order chi connectivity index (χ0) is 11.4. The second kappa shape index (κ2) is 5.21. The van der Waals surface area contributed by atoms with Crippen LogP contribution in [0.1, 0.15) is 19.3 Å². The summed E-state index contributed by atoms with van der Waals surface area (Å²) in [5.74, 6) is 1.44. The Hall–Kier alpha value is -1.22. The minimum absolute atomic E-state index is 0.157. The van der Waals surface area contributed by atoms with Crippen molar-refractivity contribution in [1.29, 1.82) is 0 Å². The molecule has 3 nitrogen and oxygen atoms in total. The lowest BCUT2D eigenvalue weighted by atomic mass is 9.80. The van der Waals surface area contributed by atoms with E-state index in [1.807, 2.05) is 24.3 Å². The largest absolute Gasteiger partial charge is 0.495 e. The summed E-state index contributed by atoms with van der Waals surface area (Å²) in [6, 6.07) is 7.99. The van der Waals surface area contributed by atoms with Crippen LogP contribution in [0.15, 0.2) is 24.3 Å². The van der Waals surface area contributed by atoms with Gasteiger partial charge in [0.1, 0.15) is 5.75 Å². The molecule has 1 atom stereocenters. The average molecular weight is 221 g/mol. The fourth-order valence-electron chi connectivity index (χ4n) is 2.12. The van der Waals surface area contributed by atoms with Gasteiger partial charge in [0.05, 0.1) is 25.4 Å². The Balaban J connectivity index is 2.05. The van der Waals surface area contributed by atoms with Crippen LogP contribution in [0.25, 0.3) is 0 Å². The van der Waals surface area contributed by atoms with Crippen molar-refractivity contribution < 1.29 is 9.84 Å². The summed E-state index contributed by atoms with van der Waals surface area (Å²) >= 11 is 0. The molecule has 1 aliphatic rings. The van der Waals surface area contributed by atoms with Gasteiger partial charge in [0, 0.05) is 0 Å². The van der Waals surface area contributed by atoms with E-state index in [-0.39, 0.29) is 12.6 Å². The predicted octanol–water partition coefficient (Wildman–Crippen LogP) is 2.27. The van der Waals surface area contributed by atoms with Gasteiger partial charge in [0.25, 0.3) is 0 Å². The number of aliphatic hydroxyl groups is 1. The van der Waals surface area contributed by atoms with Crippen LogP contribution in [0.3, 0.4) is 0 Å². The third kappa shape index (κ3) is 2.30. The fraction of sp³-hybridized carbons (Fsp3) is 0.538. The minimum Gasteiger partial charge on any atom is -0.495 e. The number of para-hydroxylation sites is 2. The van der Waals surface area contributed by atoms with Gasteiger partial charge in [-0.05, 0) is 30.9 Å². The van der Waals surface area contributed by atoms with Gasteiger partial charge in [0.2, 0.25) is 0 Å². The van der Waals surface area contributed by atoms with Crippen LogP contribution in [0.2, 0.25) is 0 Å². The first-order valence-electron chi connectivity index (χ1n) is 5.85. The number of anilines is 1. The van der Waals surface area contributed by atoms with Gasteiger partial charge in [-0.15, -0.1) is 0 Å². The fourth-order valence-corrected chi connectivity index (χ4v) is 2.12. The highest BCUT2D eigenvalue weighted by Gasteiger charge is 2.27. The van der Waals surface area contributed by atoms with Crippen LogP contribution in [0.5, 0.6) is 5.75 Å². The van der Waals surface area contributed by atoms with E-state index in [1.54, 1.807) is 7.11 Å². The zero-order valence-corrected chi connectivity index (χ0v) is 9.65. The van der Waals surface area contributed by atoms with Crippen molar-refractivity contribution in [2.75, 3.05) is 19.0 Å². The molecule has 0 spiro atoms. The van der Waals surface area contributed by atoms with Crippen LogP contribution >= 0.6 is 0 Å². The minimum atomic E-state index is 0.157. The second-order valence-corrected chi connectivity index (χ2v) is 4.32. The molecule has 88 valence electrons. The Kier molecular flexibility index (Phi) is 3.67. The molecule has 0 aromatic heterocycles. The van der Waals surface area contributed by atoms with Crippen molar-refractivity contribution in [2.24, 2.45) is 5.92 Å². The standard InChI is InChI=1S/C13H19NO2/c1-16-13-8-3-2-7-11(13)14-12(9-15)10-5-4-6-10/h2-3,7-8,10,12,14-15H,4-6,9H2,1H3. The molecule has 16 heavy (non-hydrogen) atoms. The molecule has 1 fully saturated rings. The Morgan fingerprint density at radius 1 is 1.44 bits per heavy atom. The molecule has 1 aromatic rings. The molecule has 0 heterocycles. The number of aliphatic hydroxyl groups excluding tert-OH is 1. The maximum atomic E-state index is 9.38. The number of benzene rings is 1. The third-order valence-electron chi connectivity index (χ3n) is 3.36. The number of ether oxygens (including phenoxy) is 1. The van der Waals surface area contributed by atoms with Gasteiger partial charge in [-0.3, -0.25) is 0 Å². The van der Waals surface area contributed by atoms with E-state index in [0.717, 1.165) is 11.4 Å². The zero-order valence-electron chi connectivity index (χ0n) is 9.65. The first-order chi connectivity index (χ1) is 7.85. The maximum Gasteiger partial charge on any atom is 0.141 e. The Morgan fingerprint density at radius 3 is 2.75 bits per heavy atom. The Morgan fingerprint density at radius 2 is 2.19 bits per heavy atom. The molecule has 1 saturated carbocycles. The number of rotatable bonds is 5. The first-order valence-corrected chi connectivity index (χ1v) is 5.85. The van der Waals surface area contributed by atoms with E-state index >= 15 is 0 Å². The lowest BCUT2D eigenvalue weighted by molar-refractivity contribution is 0.187. The topological polar surface area (TPSA) is 41.5 Å². The smallest absolute Gasteiger partial charge is 0.141 e.